The molecule has 2 unspecified atom stereocenters. The predicted octanol–water partition coefficient (Wildman–Crippen LogP) is 3.54. The van der Waals surface area contributed by atoms with Crippen LogP contribution in [0.2, 0.25) is 0 Å². The van der Waals surface area contributed by atoms with Gasteiger partial charge in [0.25, 0.3) is 5.91 Å². The summed E-state index contributed by atoms with van der Waals surface area (Å²) in [5.41, 5.74) is 1.55. The predicted molar refractivity (Wildman–Crippen MR) is 96.1 cm³/mol. The number of hydrogen-bond donors (Lipinski definition) is 1. The summed E-state index contributed by atoms with van der Waals surface area (Å²) in [5.74, 6) is 0.548. The lowest BCUT2D eigenvalue weighted by Gasteiger charge is -2.20. The van der Waals surface area contributed by atoms with E-state index < -0.39 is 6.10 Å². The maximum atomic E-state index is 12.4. The number of hydrogen-bond acceptors (Lipinski definition) is 4. The second-order valence-corrected chi connectivity index (χ2v) is 5.82. The van der Waals surface area contributed by atoms with Gasteiger partial charge in [-0.1, -0.05) is 30.3 Å². The lowest BCUT2D eigenvalue weighted by atomic mass is 10.1. The summed E-state index contributed by atoms with van der Waals surface area (Å²) >= 11 is 0. The number of amides is 1. The molecule has 0 spiro atoms. The van der Waals surface area contributed by atoms with Gasteiger partial charge in [0.15, 0.2) is 23.4 Å². The molecule has 0 aliphatic heterocycles. The zero-order chi connectivity index (χ0) is 18.4. The molecule has 0 radical (unpaired) electrons. The number of benzene rings is 2. The summed E-state index contributed by atoms with van der Waals surface area (Å²) in [6.45, 7) is 5.07. The Labute approximate surface area is 148 Å². The van der Waals surface area contributed by atoms with Gasteiger partial charge in [0.1, 0.15) is 0 Å². The molecule has 25 heavy (non-hydrogen) atoms. The van der Waals surface area contributed by atoms with Crippen LogP contribution < -0.4 is 14.8 Å². The average molecular weight is 341 g/mol. The normalized spacial score (nSPS) is 12.8. The van der Waals surface area contributed by atoms with Crippen molar-refractivity contribution in [2.45, 2.75) is 32.9 Å². The van der Waals surface area contributed by atoms with Crippen molar-refractivity contribution in [3.63, 3.8) is 0 Å². The Morgan fingerprint density at radius 2 is 1.68 bits per heavy atom. The second-order valence-electron chi connectivity index (χ2n) is 5.82. The van der Waals surface area contributed by atoms with Crippen molar-refractivity contribution in [2.24, 2.45) is 0 Å². The molecule has 0 saturated carbocycles. The Bertz CT molecular complexity index is 743. The fraction of sp³-hybridized carbons (Fsp3) is 0.300. The Morgan fingerprint density at radius 1 is 1.00 bits per heavy atom. The first-order chi connectivity index (χ1) is 11.9. The van der Waals surface area contributed by atoms with Crippen molar-refractivity contribution >= 4 is 11.7 Å². The lowest BCUT2D eigenvalue weighted by molar-refractivity contribution is -0.127. The summed E-state index contributed by atoms with van der Waals surface area (Å²) in [7, 11) is 1.49. The number of methoxy groups -OCH3 is 1. The van der Waals surface area contributed by atoms with Gasteiger partial charge in [-0.3, -0.25) is 9.59 Å². The van der Waals surface area contributed by atoms with Crippen LogP contribution in [0, 0.1) is 0 Å². The van der Waals surface area contributed by atoms with Gasteiger partial charge in [-0.05, 0) is 44.5 Å². The summed E-state index contributed by atoms with van der Waals surface area (Å²) in [4.78, 5) is 23.8. The van der Waals surface area contributed by atoms with Gasteiger partial charge >= 0.3 is 0 Å². The van der Waals surface area contributed by atoms with Gasteiger partial charge in [-0.2, -0.15) is 0 Å². The first-order valence-corrected chi connectivity index (χ1v) is 8.13. The molecule has 0 aliphatic carbocycles. The van der Waals surface area contributed by atoms with Crippen LogP contribution in [0.4, 0.5) is 0 Å². The van der Waals surface area contributed by atoms with Crippen LogP contribution in [-0.2, 0) is 4.79 Å². The van der Waals surface area contributed by atoms with Gasteiger partial charge in [0.2, 0.25) is 0 Å². The van der Waals surface area contributed by atoms with Crippen molar-refractivity contribution in [3.8, 4) is 11.5 Å². The van der Waals surface area contributed by atoms with E-state index in [1.807, 2.05) is 37.3 Å². The number of carbonyl (C=O) groups excluding carboxylic acids is 2. The topological polar surface area (TPSA) is 64.6 Å². The van der Waals surface area contributed by atoms with E-state index in [0.29, 0.717) is 17.1 Å². The second kappa shape index (κ2) is 8.33. The summed E-state index contributed by atoms with van der Waals surface area (Å²) < 4.78 is 11.0. The molecule has 5 nitrogen and oxygen atoms in total. The quantitative estimate of drug-likeness (QED) is 0.782. The minimum Gasteiger partial charge on any atom is -0.493 e. The van der Waals surface area contributed by atoms with Crippen molar-refractivity contribution in [2.75, 3.05) is 7.11 Å². The van der Waals surface area contributed by atoms with Crippen LogP contribution in [0.5, 0.6) is 11.5 Å². The molecular weight excluding hydrogens is 318 g/mol. The Hall–Kier alpha value is -2.82. The zero-order valence-electron chi connectivity index (χ0n) is 14.9. The minimum absolute atomic E-state index is 0.0627. The van der Waals surface area contributed by atoms with Gasteiger partial charge in [0, 0.05) is 5.56 Å². The van der Waals surface area contributed by atoms with Crippen LogP contribution in [0.3, 0.4) is 0 Å². The highest BCUT2D eigenvalue weighted by Crippen LogP contribution is 2.29. The summed E-state index contributed by atoms with van der Waals surface area (Å²) in [6.07, 6.45) is -0.705. The number of carbonyl (C=O) groups is 2. The smallest absolute Gasteiger partial charge is 0.261 e. The summed E-state index contributed by atoms with van der Waals surface area (Å²) in [5, 5.41) is 2.92. The first-order valence-electron chi connectivity index (χ1n) is 8.13. The summed E-state index contributed by atoms with van der Waals surface area (Å²) in [6, 6.07) is 14.5. The molecule has 0 saturated heterocycles. The van der Waals surface area contributed by atoms with Crippen LogP contribution >= 0.6 is 0 Å². The van der Waals surface area contributed by atoms with Crippen LogP contribution in [0.1, 0.15) is 42.7 Å². The van der Waals surface area contributed by atoms with Gasteiger partial charge in [-0.15, -0.1) is 0 Å². The molecular formula is C20H23NO4. The molecule has 0 heterocycles. The molecule has 1 amide bonds. The number of Topliss-reactive ketones (excluding diaryl/α,β-unsaturated/α-hetero) is 1. The van der Waals surface area contributed by atoms with Crippen molar-refractivity contribution in [3.05, 3.63) is 59.7 Å². The van der Waals surface area contributed by atoms with Gasteiger partial charge in [0.05, 0.1) is 13.2 Å². The molecule has 2 aromatic rings. The Morgan fingerprint density at radius 3 is 2.28 bits per heavy atom. The fourth-order valence-electron chi connectivity index (χ4n) is 2.38. The average Bonchev–Trinajstić information content (AvgIpc) is 2.62. The van der Waals surface area contributed by atoms with Crippen LogP contribution in [-0.4, -0.2) is 24.9 Å². The Balaban J connectivity index is 2.04. The van der Waals surface area contributed by atoms with E-state index in [1.54, 1.807) is 25.1 Å². The van der Waals surface area contributed by atoms with Crippen molar-refractivity contribution in [1.29, 1.82) is 0 Å². The maximum absolute atomic E-state index is 12.4. The monoisotopic (exact) mass is 341 g/mol. The highest BCUT2D eigenvalue weighted by molar-refractivity contribution is 5.94. The third-order valence-electron chi connectivity index (χ3n) is 3.90. The number of rotatable bonds is 7. The number of nitrogens with one attached hydrogen (secondary N) is 1. The van der Waals surface area contributed by atoms with Crippen LogP contribution in [0.15, 0.2) is 48.5 Å². The SMILES string of the molecule is COc1cc(C(C)=O)ccc1OC(C)C(=O)NC(C)c1ccccc1. The molecule has 0 fully saturated rings. The molecule has 5 heteroatoms. The number of ether oxygens (including phenoxy) is 2. The molecule has 132 valence electrons. The lowest BCUT2D eigenvalue weighted by Crippen LogP contribution is -2.37. The zero-order valence-corrected chi connectivity index (χ0v) is 14.9. The van der Waals surface area contributed by atoms with E-state index in [-0.39, 0.29) is 17.7 Å². The fourth-order valence-corrected chi connectivity index (χ4v) is 2.38. The third-order valence-corrected chi connectivity index (χ3v) is 3.90. The maximum Gasteiger partial charge on any atom is 0.261 e. The molecule has 0 aromatic heterocycles. The number of ketones is 1. The van der Waals surface area contributed by atoms with E-state index >= 15 is 0 Å². The van der Waals surface area contributed by atoms with Crippen molar-refractivity contribution in [1.82, 2.24) is 5.32 Å². The Kier molecular flexibility index (Phi) is 6.17. The largest absolute Gasteiger partial charge is 0.493 e. The van der Waals surface area contributed by atoms with Crippen molar-refractivity contribution < 1.29 is 19.1 Å². The van der Waals surface area contributed by atoms with Crippen LogP contribution in [0.25, 0.3) is 0 Å². The minimum atomic E-state index is -0.705. The van der Waals surface area contributed by atoms with E-state index in [0.717, 1.165) is 5.56 Å². The molecule has 2 atom stereocenters. The molecule has 0 aliphatic rings. The van der Waals surface area contributed by atoms with Gasteiger partial charge in [-0.25, -0.2) is 0 Å². The highest BCUT2D eigenvalue weighted by atomic mass is 16.5. The molecule has 1 N–H and O–H groups in total. The standard InChI is InChI=1S/C20H23NO4/c1-13(16-8-6-5-7-9-16)21-20(23)15(3)25-18-11-10-17(14(2)22)12-19(18)24-4/h5-13,15H,1-4H3,(H,21,23). The first kappa shape index (κ1) is 18.5. The van der Waals surface area contributed by atoms with E-state index in [2.05, 4.69) is 5.32 Å². The van der Waals surface area contributed by atoms with E-state index in [9.17, 15) is 9.59 Å². The van der Waals surface area contributed by atoms with Gasteiger partial charge < -0.3 is 14.8 Å². The molecule has 2 aromatic carbocycles. The molecule has 0 bridgehead atoms. The van der Waals surface area contributed by atoms with E-state index in [1.165, 1.54) is 14.0 Å². The third kappa shape index (κ3) is 4.83. The highest BCUT2D eigenvalue weighted by Gasteiger charge is 2.19. The molecule has 2 rings (SSSR count). The van der Waals surface area contributed by atoms with E-state index in [4.69, 9.17) is 9.47 Å².